The maximum atomic E-state index is 11.2. The molecule has 0 aromatic heterocycles. The zero-order valence-corrected chi connectivity index (χ0v) is 10.9. The molecule has 0 amide bonds. The predicted octanol–water partition coefficient (Wildman–Crippen LogP) is 3.91. The van der Waals surface area contributed by atoms with Crippen molar-refractivity contribution < 1.29 is 9.90 Å². The Morgan fingerprint density at radius 1 is 1.11 bits per heavy atom. The Morgan fingerprint density at radius 2 is 1.78 bits per heavy atom. The van der Waals surface area contributed by atoms with Crippen molar-refractivity contribution in [1.29, 1.82) is 0 Å². The minimum Gasteiger partial charge on any atom is -0.478 e. The van der Waals surface area contributed by atoms with Crippen molar-refractivity contribution in [3.05, 3.63) is 59.7 Å². The molecule has 2 rings (SSSR count). The second-order valence-corrected chi connectivity index (χ2v) is 4.85. The highest BCUT2D eigenvalue weighted by Crippen LogP contribution is 2.24. The van der Waals surface area contributed by atoms with Crippen LogP contribution in [0.3, 0.4) is 0 Å². The molecule has 0 aliphatic heterocycles. The first-order chi connectivity index (χ1) is 8.72. The molecular weight excluding hydrogens is 244 g/mol. The lowest BCUT2D eigenvalue weighted by Crippen LogP contribution is -1.98. The first-order valence-corrected chi connectivity index (χ1v) is 7.02. The molecule has 18 heavy (non-hydrogen) atoms. The molecule has 92 valence electrons. The van der Waals surface area contributed by atoms with Gasteiger partial charge in [-0.3, -0.25) is 0 Å². The largest absolute Gasteiger partial charge is 0.478 e. The number of thioether (sulfide) groups is 1. The Hall–Kier alpha value is -1.74. The van der Waals surface area contributed by atoms with Crippen LogP contribution in [-0.2, 0) is 5.75 Å². The number of aromatic carboxylic acids is 1. The first kappa shape index (κ1) is 12.7. The highest BCUT2D eigenvalue weighted by molar-refractivity contribution is 7.97. The maximum Gasteiger partial charge on any atom is 0.336 e. The summed E-state index contributed by atoms with van der Waals surface area (Å²) >= 11 is 1.77. The van der Waals surface area contributed by atoms with Gasteiger partial charge in [0.15, 0.2) is 0 Å². The van der Waals surface area contributed by atoms with Gasteiger partial charge in [-0.05, 0) is 29.0 Å². The third kappa shape index (κ3) is 2.74. The van der Waals surface area contributed by atoms with Crippen molar-refractivity contribution in [3.63, 3.8) is 0 Å². The molecule has 0 saturated heterocycles. The van der Waals surface area contributed by atoms with E-state index >= 15 is 0 Å². The Kier molecular flexibility index (Phi) is 4.05. The topological polar surface area (TPSA) is 37.3 Å². The average molecular weight is 258 g/mol. The molecule has 2 aromatic rings. The van der Waals surface area contributed by atoms with E-state index in [4.69, 9.17) is 5.11 Å². The van der Waals surface area contributed by atoms with E-state index in [-0.39, 0.29) is 0 Å². The third-order valence-electron chi connectivity index (χ3n) is 2.73. The van der Waals surface area contributed by atoms with Crippen LogP contribution in [0.2, 0.25) is 0 Å². The van der Waals surface area contributed by atoms with Gasteiger partial charge in [0, 0.05) is 5.75 Å². The number of benzene rings is 2. The lowest BCUT2D eigenvalue weighted by atomic mass is 9.99. The highest BCUT2D eigenvalue weighted by Gasteiger charge is 2.10. The van der Waals surface area contributed by atoms with Crippen LogP contribution in [-0.4, -0.2) is 17.3 Å². The minimum absolute atomic E-state index is 0.343. The average Bonchev–Trinajstić information content (AvgIpc) is 2.40. The summed E-state index contributed by atoms with van der Waals surface area (Å²) in [5.74, 6) is 0.0831. The van der Waals surface area contributed by atoms with Crippen molar-refractivity contribution >= 4 is 17.7 Å². The number of rotatable bonds is 4. The molecule has 0 heterocycles. The SMILES string of the molecule is CSCc1ccc(-c2ccccc2C(=O)O)cc1. The van der Waals surface area contributed by atoms with E-state index in [0.717, 1.165) is 16.9 Å². The summed E-state index contributed by atoms with van der Waals surface area (Å²) in [7, 11) is 0. The monoisotopic (exact) mass is 258 g/mol. The maximum absolute atomic E-state index is 11.2. The van der Waals surface area contributed by atoms with Crippen LogP contribution in [0.4, 0.5) is 0 Å². The standard InChI is InChI=1S/C15H14O2S/c1-18-10-11-6-8-12(9-7-11)13-4-2-3-5-14(13)15(16)17/h2-9H,10H2,1H3,(H,16,17). The smallest absolute Gasteiger partial charge is 0.336 e. The van der Waals surface area contributed by atoms with Crippen molar-refractivity contribution in [2.75, 3.05) is 6.26 Å². The molecule has 0 unspecified atom stereocenters. The number of carboxylic acid groups (broad SMARTS) is 1. The summed E-state index contributed by atoms with van der Waals surface area (Å²) in [6.45, 7) is 0. The molecule has 0 saturated carbocycles. The molecule has 2 aromatic carbocycles. The van der Waals surface area contributed by atoms with Gasteiger partial charge in [-0.15, -0.1) is 0 Å². The summed E-state index contributed by atoms with van der Waals surface area (Å²) < 4.78 is 0. The molecule has 0 fully saturated rings. The van der Waals surface area contributed by atoms with Crippen molar-refractivity contribution in [3.8, 4) is 11.1 Å². The molecular formula is C15H14O2S. The lowest BCUT2D eigenvalue weighted by Gasteiger charge is -2.07. The van der Waals surface area contributed by atoms with Crippen LogP contribution < -0.4 is 0 Å². The zero-order chi connectivity index (χ0) is 13.0. The number of carbonyl (C=O) groups is 1. The van der Waals surface area contributed by atoms with E-state index in [1.54, 1.807) is 23.9 Å². The summed E-state index contributed by atoms with van der Waals surface area (Å²) in [5, 5.41) is 9.16. The normalized spacial score (nSPS) is 10.3. The fourth-order valence-electron chi connectivity index (χ4n) is 1.87. The zero-order valence-electron chi connectivity index (χ0n) is 10.1. The van der Waals surface area contributed by atoms with Crippen LogP contribution in [0.25, 0.3) is 11.1 Å². The Labute approximate surface area is 111 Å². The second-order valence-electron chi connectivity index (χ2n) is 3.98. The molecule has 0 radical (unpaired) electrons. The van der Waals surface area contributed by atoms with E-state index in [2.05, 4.69) is 6.26 Å². The van der Waals surface area contributed by atoms with Gasteiger partial charge < -0.3 is 5.11 Å². The lowest BCUT2D eigenvalue weighted by molar-refractivity contribution is 0.0697. The van der Waals surface area contributed by atoms with Gasteiger partial charge in [0.05, 0.1) is 5.56 Å². The van der Waals surface area contributed by atoms with E-state index < -0.39 is 5.97 Å². The summed E-state index contributed by atoms with van der Waals surface area (Å²) in [6, 6.07) is 15.1. The van der Waals surface area contributed by atoms with Crippen LogP contribution in [0, 0.1) is 0 Å². The van der Waals surface area contributed by atoms with E-state index in [1.165, 1.54) is 5.56 Å². The van der Waals surface area contributed by atoms with Gasteiger partial charge in [0.1, 0.15) is 0 Å². The molecule has 1 N–H and O–H groups in total. The van der Waals surface area contributed by atoms with Crippen LogP contribution >= 0.6 is 11.8 Å². The van der Waals surface area contributed by atoms with Gasteiger partial charge in [-0.25, -0.2) is 4.79 Å². The molecule has 0 aliphatic carbocycles. The van der Waals surface area contributed by atoms with E-state index in [0.29, 0.717) is 5.56 Å². The Morgan fingerprint density at radius 3 is 2.39 bits per heavy atom. The Bertz CT molecular complexity index is 547. The van der Waals surface area contributed by atoms with Crippen molar-refractivity contribution in [2.24, 2.45) is 0 Å². The number of hydrogen-bond acceptors (Lipinski definition) is 2. The minimum atomic E-state index is -0.890. The van der Waals surface area contributed by atoms with Gasteiger partial charge >= 0.3 is 5.97 Å². The molecule has 0 spiro atoms. The molecule has 0 aliphatic rings. The van der Waals surface area contributed by atoms with Crippen LogP contribution in [0.1, 0.15) is 15.9 Å². The van der Waals surface area contributed by atoms with Crippen LogP contribution in [0.15, 0.2) is 48.5 Å². The first-order valence-electron chi connectivity index (χ1n) is 5.63. The summed E-state index contributed by atoms with van der Waals surface area (Å²) in [5.41, 5.74) is 3.30. The second kappa shape index (κ2) is 5.74. The fourth-order valence-corrected chi connectivity index (χ4v) is 2.39. The van der Waals surface area contributed by atoms with Crippen LogP contribution in [0.5, 0.6) is 0 Å². The highest BCUT2D eigenvalue weighted by atomic mass is 32.2. The predicted molar refractivity (Wildman–Crippen MR) is 76.1 cm³/mol. The quantitative estimate of drug-likeness (QED) is 0.903. The van der Waals surface area contributed by atoms with Crippen molar-refractivity contribution in [2.45, 2.75) is 5.75 Å². The number of hydrogen-bond donors (Lipinski definition) is 1. The summed E-state index contributed by atoms with van der Waals surface area (Å²) in [6.07, 6.45) is 2.06. The van der Waals surface area contributed by atoms with Gasteiger partial charge in [0.2, 0.25) is 0 Å². The molecule has 0 atom stereocenters. The third-order valence-corrected chi connectivity index (χ3v) is 3.36. The van der Waals surface area contributed by atoms with Gasteiger partial charge in [0.25, 0.3) is 0 Å². The summed E-state index contributed by atoms with van der Waals surface area (Å²) in [4.78, 5) is 11.2. The van der Waals surface area contributed by atoms with E-state index in [9.17, 15) is 4.79 Å². The Balaban J connectivity index is 2.39. The molecule has 2 nitrogen and oxygen atoms in total. The fraction of sp³-hybridized carbons (Fsp3) is 0.133. The van der Waals surface area contributed by atoms with E-state index in [1.807, 2.05) is 36.4 Å². The molecule has 3 heteroatoms. The van der Waals surface area contributed by atoms with Gasteiger partial charge in [-0.1, -0.05) is 42.5 Å². The molecule has 0 bridgehead atoms. The van der Waals surface area contributed by atoms with Crippen molar-refractivity contribution in [1.82, 2.24) is 0 Å². The number of carboxylic acids is 1. The van der Waals surface area contributed by atoms with Gasteiger partial charge in [-0.2, -0.15) is 11.8 Å².